The van der Waals surface area contributed by atoms with Gasteiger partial charge in [0.1, 0.15) is 0 Å². The zero-order valence-electron chi connectivity index (χ0n) is 13.1. The van der Waals surface area contributed by atoms with Crippen molar-refractivity contribution in [2.75, 3.05) is 18.2 Å². The molecule has 0 saturated carbocycles. The highest BCUT2D eigenvalue weighted by Crippen LogP contribution is 2.25. The molecule has 0 radical (unpaired) electrons. The van der Waals surface area contributed by atoms with Gasteiger partial charge in [0.15, 0.2) is 0 Å². The Morgan fingerprint density at radius 3 is 2.45 bits per heavy atom. The molecule has 1 rings (SSSR count). The summed E-state index contributed by atoms with van der Waals surface area (Å²) in [6, 6.07) is 4.09. The Bertz CT molecular complexity index is 468. The van der Waals surface area contributed by atoms with Gasteiger partial charge in [-0.15, -0.1) is 0 Å². The summed E-state index contributed by atoms with van der Waals surface area (Å²) in [7, 11) is 1.37. The molecule has 0 aromatic heterocycles. The highest BCUT2D eigenvalue weighted by molar-refractivity contribution is 5.97. The summed E-state index contributed by atoms with van der Waals surface area (Å²) >= 11 is 0. The maximum atomic E-state index is 11.7. The second-order valence-electron chi connectivity index (χ2n) is 5.26. The molecule has 4 heteroatoms. The normalized spacial score (nSPS) is 12.3. The van der Waals surface area contributed by atoms with E-state index in [2.05, 4.69) is 26.1 Å². The molecule has 1 atom stereocenters. The smallest absolute Gasteiger partial charge is 0.340 e. The average Bonchev–Trinajstić information content (AvgIpc) is 2.43. The van der Waals surface area contributed by atoms with Crippen LogP contribution < -0.4 is 11.1 Å². The number of aryl methyl sites for hydroxylation is 1. The van der Waals surface area contributed by atoms with E-state index >= 15 is 0 Å². The minimum atomic E-state index is -0.399. The van der Waals surface area contributed by atoms with E-state index in [9.17, 15) is 4.79 Å². The lowest BCUT2D eigenvalue weighted by Gasteiger charge is -2.24. The van der Waals surface area contributed by atoms with E-state index in [4.69, 9.17) is 10.5 Å². The Morgan fingerprint density at radius 1 is 1.35 bits per heavy atom. The maximum absolute atomic E-state index is 11.7. The third-order valence-corrected chi connectivity index (χ3v) is 3.94. The molecule has 0 amide bonds. The third kappa shape index (κ3) is 3.65. The van der Waals surface area contributed by atoms with Crippen molar-refractivity contribution >= 4 is 17.3 Å². The standard InChI is InChI=1S/C16H26N2O2/c1-6-12(7-2)11(4)18-13-8-10(3)15(17)14(9-13)16(19)20-5/h8-9,11-12,18H,6-7,17H2,1-5H3. The molecule has 3 N–H and O–H groups in total. The van der Waals surface area contributed by atoms with Crippen LogP contribution in [0, 0.1) is 12.8 Å². The molecule has 0 fully saturated rings. The summed E-state index contributed by atoms with van der Waals surface area (Å²) < 4.78 is 4.78. The van der Waals surface area contributed by atoms with Gasteiger partial charge in [-0.2, -0.15) is 0 Å². The molecule has 0 aliphatic heterocycles. The van der Waals surface area contributed by atoms with Gasteiger partial charge >= 0.3 is 5.97 Å². The second-order valence-corrected chi connectivity index (χ2v) is 5.26. The number of nitrogen functional groups attached to an aromatic ring is 1. The predicted molar refractivity (Wildman–Crippen MR) is 84.1 cm³/mol. The van der Waals surface area contributed by atoms with E-state index < -0.39 is 5.97 Å². The minimum absolute atomic E-state index is 0.346. The summed E-state index contributed by atoms with van der Waals surface area (Å²) in [6.45, 7) is 8.46. The summed E-state index contributed by atoms with van der Waals surface area (Å²) in [5.74, 6) is 0.207. The van der Waals surface area contributed by atoms with Crippen molar-refractivity contribution in [3.8, 4) is 0 Å². The van der Waals surface area contributed by atoms with Gasteiger partial charge in [-0.1, -0.05) is 26.7 Å². The lowest BCUT2D eigenvalue weighted by molar-refractivity contribution is 0.0602. The van der Waals surface area contributed by atoms with Crippen LogP contribution in [-0.2, 0) is 4.74 Å². The zero-order valence-corrected chi connectivity index (χ0v) is 13.1. The quantitative estimate of drug-likeness (QED) is 0.616. The predicted octanol–water partition coefficient (Wildman–Crippen LogP) is 3.60. The van der Waals surface area contributed by atoms with Gasteiger partial charge in [0.25, 0.3) is 0 Å². The fraction of sp³-hybridized carbons (Fsp3) is 0.562. The van der Waals surface area contributed by atoms with Crippen LogP contribution in [0.25, 0.3) is 0 Å². The lowest BCUT2D eigenvalue weighted by atomic mass is 9.95. The van der Waals surface area contributed by atoms with Crippen LogP contribution in [-0.4, -0.2) is 19.1 Å². The number of carbonyl (C=O) groups excluding carboxylic acids is 1. The van der Waals surface area contributed by atoms with Crippen molar-refractivity contribution in [3.05, 3.63) is 23.3 Å². The van der Waals surface area contributed by atoms with Gasteiger partial charge in [0, 0.05) is 17.4 Å². The first-order valence-electron chi connectivity index (χ1n) is 7.19. The van der Waals surface area contributed by atoms with Crippen LogP contribution in [0.1, 0.15) is 49.5 Å². The molecular weight excluding hydrogens is 252 g/mol. The first-order valence-corrected chi connectivity index (χ1v) is 7.19. The number of benzene rings is 1. The van der Waals surface area contributed by atoms with Gasteiger partial charge in [-0.3, -0.25) is 0 Å². The van der Waals surface area contributed by atoms with Crippen LogP contribution >= 0.6 is 0 Å². The monoisotopic (exact) mass is 278 g/mol. The zero-order chi connectivity index (χ0) is 15.3. The van der Waals surface area contributed by atoms with E-state index in [1.165, 1.54) is 7.11 Å². The van der Waals surface area contributed by atoms with Gasteiger partial charge in [0.2, 0.25) is 0 Å². The van der Waals surface area contributed by atoms with Crippen molar-refractivity contribution in [2.24, 2.45) is 5.92 Å². The van der Waals surface area contributed by atoms with E-state index in [-0.39, 0.29) is 0 Å². The Morgan fingerprint density at radius 2 is 1.95 bits per heavy atom. The SMILES string of the molecule is CCC(CC)C(C)Nc1cc(C)c(N)c(C(=O)OC)c1. The van der Waals surface area contributed by atoms with Crippen LogP contribution in [0.2, 0.25) is 0 Å². The highest BCUT2D eigenvalue weighted by atomic mass is 16.5. The number of anilines is 2. The van der Waals surface area contributed by atoms with Crippen molar-refractivity contribution in [3.63, 3.8) is 0 Å². The molecule has 0 spiro atoms. The molecule has 1 aromatic carbocycles. The molecule has 0 bridgehead atoms. The highest BCUT2D eigenvalue weighted by Gasteiger charge is 2.17. The van der Waals surface area contributed by atoms with Crippen LogP contribution in [0.3, 0.4) is 0 Å². The molecular formula is C16H26N2O2. The Kier molecular flexibility index (Phi) is 5.86. The Balaban J connectivity index is 3.02. The van der Waals surface area contributed by atoms with Gasteiger partial charge in [-0.25, -0.2) is 4.79 Å². The molecule has 20 heavy (non-hydrogen) atoms. The summed E-state index contributed by atoms with van der Waals surface area (Å²) in [5.41, 5.74) is 8.64. The molecule has 1 unspecified atom stereocenters. The van der Waals surface area contributed by atoms with Crippen molar-refractivity contribution < 1.29 is 9.53 Å². The number of methoxy groups -OCH3 is 1. The minimum Gasteiger partial charge on any atom is -0.465 e. The number of nitrogens with two attached hydrogens (primary N) is 1. The van der Waals surface area contributed by atoms with E-state index in [0.29, 0.717) is 23.2 Å². The number of carbonyl (C=O) groups is 1. The van der Waals surface area contributed by atoms with Crippen LogP contribution in [0.4, 0.5) is 11.4 Å². The third-order valence-electron chi connectivity index (χ3n) is 3.94. The molecule has 0 saturated heterocycles. The number of hydrogen-bond acceptors (Lipinski definition) is 4. The van der Waals surface area contributed by atoms with Crippen molar-refractivity contribution in [1.29, 1.82) is 0 Å². The average molecular weight is 278 g/mol. The summed E-state index contributed by atoms with van der Waals surface area (Å²) in [6.07, 6.45) is 2.25. The van der Waals surface area contributed by atoms with Crippen molar-refractivity contribution in [1.82, 2.24) is 0 Å². The molecule has 0 heterocycles. The van der Waals surface area contributed by atoms with Crippen LogP contribution in [0.15, 0.2) is 12.1 Å². The lowest BCUT2D eigenvalue weighted by Crippen LogP contribution is -2.25. The fourth-order valence-corrected chi connectivity index (χ4v) is 2.54. The van der Waals surface area contributed by atoms with Gasteiger partial charge < -0.3 is 15.8 Å². The Labute approximate surface area is 121 Å². The molecule has 4 nitrogen and oxygen atoms in total. The number of hydrogen-bond donors (Lipinski definition) is 2. The maximum Gasteiger partial charge on any atom is 0.340 e. The molecule has 0 aliphatic carbocycles. The largest absolute Gasteiger partial charge is 0.465 e. The van der Waals surface area contributed by atoms with Gasteiger partial charge in [-0.05, 0) is 37.5 Å². The number of ether oxygens (including phenoxy) is 1. The Hall–Kier alpha value is -1.71. The molecule has 0 aliphatic rings. The number of nitrogens with one attached hydrogen (secondary N) is 1. The first-order chi connectivity index (χ1) is 9.44. The molecule has 112 valence electrons. The van der Waals surface area contributed by atoms with Crippen molar-refractivity contribution in [2.45, 2.75) is 46.6 Å². The van der Waals surface area contributed by atoms with Crippen LogP contribution in [0.5, 0.6) is 0 Å². The van der Waals surface area contributed by atoms with E-state index in [1.807, 2.05) is 13.0 Å². The number of rotatable bonds is 6. The van der Waals surface area contributed by atoms with E-state index in [0.717, 1.165) is 24.1 Å². The second kappa shape index (κ2) is 7.17. The van der Waals surface area contributed by atoms with E-state index in [1.54, 1.807) is 6.07 Å². The van der Waals surface area contributed by atoms with Gasteiger partial charge in [0.05, 0.1) is 12.7 Å². The number of esters is 1. The fourth-order valence-electron chi connectivity index (χ4n) is 2.54. The topological polar surface area (TPSA) is 64.3 Å². The summed E-state index contributed by atoms with van der Waals surface area (Å²) in [4.78, 5) is 11.7. The summed E-state index contributed by atoms with van der Waals surface area (Å²) in [5, 5.41) is 3.47. The molecule has 1 aromatic rings. The first kappa shape index (κ1) is 16.3.